The second kappa shape index (κ2) is 7.05. The lowest BCUT2D eigenvalue weighted by Gasteiger charge is -2.32. The van der Waals surface area contributed by atoms with Gasteiger partial charge in [-0.2, -0.15) is 0 Å². The summed E-state index contributed by atoms with van der Waals surface area (Å²) in [6, 6.07) is 9.75. The molecule has 0 aromatic heterocycles. The molecule has 0 heterocycles. The van der Waals surface area contributed by atoms with Gasteiger partial charge in [-0.05, 0) is 31.7 Å². The van der Waals surface area contributed by atoms with Gasteiger partial charge in [-0.3, -0.25) is 5.32 Å². The SMILES string of the molecule is CCC(C)OCCC(NC1CC1)(C(=O)O)c1ccccc1. The largest absolute Gasteiger partial charge is 0.480 e. The van der Waals surface area contributed by atoms with Gasteiger partial charge in [0.1, 0.15) is 5.54 Å². The molecule has 1 aliphatic carbocycles. The Balaban J connectivity index is 2.17. The van der Waals surface area contributed by atoms with Crippen molar-refractivity contribution in [1.29, 1.82) is 0 Å². The van der Waals surface area contributed by atoms with Crippen molar-refractivity contribution >= 4 is 5.97 Å². The molecule has 0 bridgehead atoms. The van der Waals surface area contributed by atoms with Crippen LogP contribution < -0.4 is 5.32 Å². The van der Waals surface area contributed by atoms with E-state index in [0.29, 0.717) is 19.1 Å². The fourth-order valence-electron chi connectivity index (χ4n) is 2.42. The lowest BCUT2D eigenvalue weighted by molar-refractivity contribution is -0.146. The summed E-state index contributed by atoms with van der Waals surface area (Å²) in [6.07, 6.45) is 3.63. The first-order valence-electron chi connectivity index (χ1n) is 7.76. The van der Waals surface area contributed by atoms with Crippen LogP contribution in [-0.2, 0) is 15.1 Å². The standard InChI is InChI=1S/C17H25NO3/c1-3-13(2)21-12-11-17(16(19)20,18-15-9-10-15)14-7-5-4-6-8-14/h4-8,13,15,18H,3,9-12H2,1-2H3,(H,19,20). The molecule has 1 aliphatic rings. The molecule has 0 radical (unpaired) electrons. The number of carboxylic acid groups (broad SMARTS) is 1. The van der Waals surface area contributed by atoms with Gasteiger partial charge in [0.2, 0.25) is 0 Å². The molecule has 1 aromatic carbocycles. The molecule has 116 valence electrons. The highest BCUT2D eigenvalue weighted by molar-refractivity contribution is 5.81. The van der Waals surface area contributed by atoms with Crippen LogP contribution in [0.4, 0.5) is 0 Å². The summed E-state index contributed by atoms with van der Waals surface area (Å²) in [5, 5.41) is 13.2. The number of hydrogen-bond acceptors (Lipinski definition) is 3. The van der Waals surface area contributed by atoms with E-state index in [-0.39, 0.29) is 6.10 Å². The maximum absolute atomic E-state index is 12.0. The monoisotopic (exact) mass is 291 g/mol. The number of carboxylic acids is 1. The van der Waals surface area contributed by atoms with E-state index in [4.69, 9.17) is 4.74 Å². The van der Waals surface area contributed by atoms with Gasteiger partial charge < -0.3 is 9.84 Å². The number of ether oxygens (including phenoxy) is 1. The Bertz CT molecular complexity index is 458. The molecular weight excluding hydrogens is 266 g/mol. The average Bonchev–Trinajstić information content (AvgIpc) is 3.30. The summed E-state index contributed by atoms with van der Waals surface area (Å²) >= 11 is 0. The molecule has 2 unspecified atom stereocenters. The molecule has 4 nitrogen and oxygen atoms in total. The van der Waals surface area contributed by atoms with Crippen LogP contribution in [0.25, 0.3) is 0 Å². The van der Waals surface area contributed by atoms with Crippen molar-refractivity contribution in [3.8, 4) is 0 Å². The molecule has 4 heteroatoms. The number of carbonyl (C=O) groups is 1. The summed E-state index contributed by atoms with van der Waals surface area (Å²) in [5.74, 6) is -0.826. The molecule has 2 atom stereocenters. The third-order valence-electron chi connectivity index (χ3n) is 4.11. The second-order valence-corrected chi connectivity index (χ2v) is 5.83. The third kappa shape index (κ3) is 4.05. The van der Waals surface area contributed by atoms with Crippen LogP contribution in [0.5, 0.6) is 0 Å². The Morgan fingerprint density at radius 3 is 2.62 bits per heavy atom. The zero-order chi connectivity index (χ0) is 15.3. The van der Waals surface area contributed by atoms with Crippen LogP contribution in [-0.4, -0.2) is 29.8 Å². The fraction of sp³-hybridized carbons (Fsp3) is 0.588. The normalized spacial score (nSPS) is 19.0. The van der Waals surface area contributed by atoms with E-state index >= 15 is 0 Å². The lowest BCUT2D eigenvalue weighted by Crippen LogP contribution is -2.51. The molecule has 0 saturated heterocycles. The van der Waals surface area contributed by atoms with Crippen molar-refractivity contribution in [2.45, 2.75) is 57.2 Å². The van der Waals surface area contributed by atoms with Crippen LogP contribution in [0.1, 0.15) is 45.1 Å². The van der Waals surface area contributed by atoms with Gasteiger partial charge in [0.05, 0.1) is 6.10 Å². The van der Waals surface area contributed by atoms with Gasteiger partial charge in [0, 0.05) is 19.1 Å². The predicted octanol–water partition coefficient (Wildman–Crippen LogP) is 2.92. The summed E-state index contributed by atoms with van der Waals surface area (Å²) in [5.41, 5.74) is -0.243. The Labute approximate surface area is 126 Å². The van der Waals surface area contributed by atoms with Crippen molar-refractivity contribution < 1.29 is 14.6 Å². The van der Waals surface area contributed by atoms with Crippen LogP contribution >= 0.6 is 0 Å². The average molecular weight is 291 g/mol. The zero-order valence-corrected chi connectivity index (χ0v) is 12.8. The second-order valence-electron chi connectivity index (χ2n) is 5.83. The fourth-order valence-corrected chi connectivity index (χ4v) is 2.42. The third-order valence-corrected chi connectivity index (χ3v) is 4.11. The number of hydrogen-bond donors (Lipinski definition) is 2. The van der Waals surface area contributed by atoms with Crippen molar-refractivity contribution in [1.82, 2.24) is 5.32 Å². The minimum atomic E-state index is -1.05. The van der Waals surface area contributed by atoms with E-state index in [2.05, 4.69) is 12.2 Å². The Morgan fingerprint density at radius 2 is 2.10 bits per heavy atom. The summed E-state index contributed by atoms with van der Waals surface area (Å²) in [6.45, 7) is 4.52. The highest BCUT2D eigenvalue weighted by Gasteiger charge is 2.43. The van der Waals surface area contributed by atoms with Crippen LogP contribution in [0.2, 0.25) is 0 Å². The van der Waals surface area contributed by atoms with Gasteiger partial charge in [0.15, 0.2) is 0 Å². The number of nitrogens with one attached hydrogen (secondary N) is 1. The quantitative estimate of drug-likeness (QED) is 0.734. The molecule has 2 rings (SSSR count). The lowest BCUT2D eigenvalue weighted by atomic mass is 9.86. The van der Waals surface area contributed by atoms with Gasteiger partial charge >= 0.3 is 5.97 Å². The topological polar surface area (TPSA) is 58.6 Å². The molecule has 2 N–H and O–H groups in total. The highest BCUT2D eigenvalue weighted by atomic mass is 16.5. The van der Waals surface area contributed by atoms with Crippen molar-refractivity contribution in [3.05, 3.63) is 35.9 Å². The summed E-state index contributed by atoms with van der Waals surface area (Å²) in [7, 11) is 0. The maximum atomic E-state index is 12.0. The first-order chi connectivity index (χ1) is 10.1. The molecule has 1 fully saturated rings. The molecule has 0 aliphatic heterocycles. The van der Waals surface area contributed by atoms with Crippen LogP contribution in [0.3, 0.4) is 0 Å². The number of benzene rings is 1. The Hall–Kier alpha value is -1.39. The summed E-state index contributed by atoms with van der Waals surface area (Å²) < 4.78 is 5.72. The molecule has 21 heavy (non-hydrogen) atoms. The van der Waals surface area contributed by atoms with Crippen molar-refractivity contribution in [2.24, 2.45) is 0 Å². The van der Waals surface area contributed by atoms with E-state index in [1.54, 1.807) is 0 Å². The number of rotatable bonds is 9. The van der Waals surface area contributed by atoms with Gasteiger partial charge in [-0.15, -0.1) is 0 Å². The van der Waals surface area contributed by atoms with Crippen molar-refractivity contribution in [3.63, 3.8) is 0 Å². The highest BCUT2D eigenvalue weighted by Crippen LogP contribution is 2.32. The zero-order valence-electron chi connectivity index (χ0n) is 12.8. The first-order valence-corrected chi connectivity index (χ1v) is 7.76. The van der Waals surface area contributed by atoms with Crippen LogP contribution in [0, 0.1) is 0 Å². The molecular formula is C17H25NO3. The minimum Gasteiger partial charge on any atom is -0.480 e. The minimum absolute atomic E-state index is 0.160. The Kier molecular flexibility index (Phi) is 5.37. The van der Waals surface area contributed by atoms with Crippen LogP contribution in [0.15, 0.2) is 30.3 Å². The van der Waals surface area contributed by atoms with E-state index in [9.17, 15) is 9.90 Å². The summed E-state index contributed by atoms with van der Waals surface area (Å²) in [4.78, 5) is 12.0. The smallest absolute Gasteiger partial charge is 0.328 e. The molecule has 1 saturated carbocycles. The molecule has 1 aromatic rings. The molecule has 0 spiro atoms. The predicted molar refractivity (Wildman–Crippen MR) is 82.2 cm³/mol. The van der Waals surface area contributed by atoms with E-state index in [1.807, 2.05) is 37.3 Å². The first kappa shape index (κ1) is 16.0. The van der Waals surface area contributed by atoms with Crippen molar-refractivity contribution in [2.75, 3.05) is 6.61 Å². The van der Waals surface area contributed by atoms with Gasteiger partial charge in [-0.1, -0.05) is 37.3 Å². The maximum Gasteiger partial charge on any atom is 0.328 e. The number of aliphatic carboxylic acids is 1. The van der Waals surface area contributed by atoms with E-state index < -0.39 is 11.5 Å². The van der Waals surface area contributed by atoms with Gasteiger partial charge in [-0.25, -0.2) is 4.79 Å². The molecule has 0 amide bonds. The van der Waals surface area contributed by atoms with E-state index in [0.717, 1.165) is 24.8 Å². The van der Waals surface area contributed by atoms with E-state index in [1.165, 1.54) is 0 Å². The Morgan fingerprint density at radius 1 is 1.43 bits per heavy atom. The van der Waals surface area contributed by atoms with Gasteiger partial charge in [0.25, 0.3) is 0 Å².